The van der Waals surface area contributed by atoms with Gasteiger partial charge in [0.15, 0.2) is 0 Å². The molecule has 2 heterocycles. The lowest BCUT2D eigenvalue weighted by Gasteiger charge is -2.24. The van der Waals surface area contributed by atoms with Crippen LogP contribution in [0.15, 0.2) is 30.5 Å². The molecule has 23 heavy (non-hydrogen) atoms. The highest BCUT2D eigenvalue weighted by Crippen LogP contribution is 2.51. The molecule has 1 aromatic heterocycles. The third kappa shape index (κ3) is 2.26. The maximum atomic E-state index is 14.1. The smallest absolute Gasteiger partial charge is 0.233 e. The molecule has 1 saturated heterocycles. The predicted molar refractivity (Wildman–Crippen MR) is 84.6 cm³/mol. The first-order valence-corrected chi connectivity index (χ1v) is 8.16. The van der Waals surface area contributed by atoms with E-state index in [1.165, 1.54) is 6.07 Å². The van der Waals surface area contributed by atoms with Crippen molar-refractivity contribution in [2.45, 2.75) is 37.5 Å². The van der Waals surface area contributed by atoms with Crippen molar-refractivity contribution >= 4 is 5.91 Å². The standard InChI is InChI=1S/C18H20FN3O/c1-12-10-20-21-16(12)13-6-9-22(11-13)17(23)18(7-8-18)14-4-2-3-5-15(14)19/h2-5,10,13H,6-9,11H2,1H3,(H,20,21)/t13-/m0/s1. The van der Waals surface area contributed by atoms with Gasteiger partial charge >= 0.3 is 0 Å². The molecular weight excluding hydrogens is 293 g/mol. The van der Waals surface area contributed by atoms with E-state index in [9.17, 15) is 9.18 Å². The molecule has 1 aliphatic carbocycles. The van der Waals surface area contributed by atoms with Crippen molar-refractivity contribution in [2.75, 3.05) is 13.1 Å². The Kier molecular flexibility index (Phi) is 3.25. The average Bonchev–Trinajstić information content (AvgIpc) is 3.00. The molecular formula is C18H20FN3O. The van der Waals surface area contributed by atoms with Crippen LogP contribution in [0, 0.1) is 12.7 Å². The lowest BCUT2D eigenvalue weighted by Crippen LogP contribution is -2.38. The number of halogens is 1. The summed E-state index contributed by atoms with van der Waals surface area (Å²) >= 11 is 0. The molecule has 1 atom stereocenters. The van der Waals surface area contributed by atoms with Crippen molar-refractivity contribution in [3.8, 4) is 0 Å². The number of rotatable bonds is 3. The third-order valence-corrected chi connectivity index (χ3v) is 5.30. The van der Waals surface area contributed by atoms with Gasteiger partial charge in [-0.3, -0.25) is 9.89 Å². The number of aryl methyl sites for hydroxylation is 1. The van der Waals surface area contributed by atoms with Gasteiger partial charge in [0, 0.05) is 30.3 Å². The van der Waals surface area contributed by atoms with E-state index in [1.54, 1.807) is 12.1 Å². The first kappa shape index (κ1) is 14.4. The van der Waals surface area contributed by atoms with Gasteiger partial charge in [0.1, 0.15) is 5.82 Å². The van der Waals surface area contributed by atoms with Crippen molar-refractivity contribution in [2.24, 2.45) is 0 Å². The predicted octanol–water partition coefficient (Wildman–Crippen LogP) is 2.90. The summed E-state index contributed by atoms with van der Waals surface area (Å²) in [5, 5.41) is 7.13. The van der Waals surface area contributed by atoms with Gasteiger partial charge in [-0.05, 0) is 37.8 Å². The number of carbonyl (C=O) groups is 1. The molecule has 4 rings (SSSR count). The molecule has 2 aliphatic rings. The van der Waals surface area contributed by atoms with Gasteiger partial charge in [-0.1, -0.05) is 18.2 Å². The summed E-state index contributed by atoms with van der Waals surface area (Å²) in [5.41, 5.74) is 2.20. The highest BCUT2D eigenvalue weighted by Gasteiger charge is 2.55. The van der Waals surface area contributed by atoms with Gasteiger partial charge in [-0.15, -0.1) is 0 Å². The Labute approximate surface area is 134 Å². The molecule has 0 spiro atoms. The molecule has 0 radical (unpaired) electrons. The molecule has 1 N–H and O–H groups in total. The Balaban J connectivity index is 1.55. The Hall–Kier alpha value is -2.17. The molecule has 1 aromatic carbocycles. The molecule has 2 aromatic rings. The fourth-order valence-corrected chi connectivity index (χ4v) is 3.83. The minimum atomic E-state index is -0.622. The average molecular weight is 313 g/mol. The van der Waals surface area contributed by atoms with Crippen LogP contribution < -0.4 is 0 Å². The van der Waals surface area contributed by atoms with E-state index >= 15 is 0 Å². The van der Waals surface area contributed by atoms with Gasteiger partial charge in [-0.25, -0.2) is 4.39 Å². The largest absolute Gasteiger partial charge is 0.341 e. The number of hydrogen-bond donors (Lipinski definition) is 1. The SMILES string of the molecule is Cc1cn[nH]c1[C@H]1CCN(C(=O)C2(c3ccccc3F)CC2)C1. The fraction of sp³-hybridized carbons (Fsp3) is 0.444. The number of nitrogens with one attached hydrogen (secondary N) is 1. The molecule has 5 heteroatoms. The molecule has 1 saturated carbocycles. The van der Waals surface area contributed by atoms with Crippen LogP contribution in [0.4, 0.5) is 4.39 Å². The van der Waals surface area contributed by atoms with Gasteiger partial charge < -0.3 is 4.90 Å². The minimum absolute atomic E-state index is 0.0854. The van der Waals surface area contributed by atoms with Gasteiger partial charge in [0.25, 0.3) is 0 Å². The Morgan fingerprint density at radius 3 is 2.83 bits per heavy atom. The van der Waals surface area contributed by atoms with Crippen molar-refractivity contribution in [3.05, 3.63) is 53.1 Å². The number of benzene rings is 1. The first-order valence-electron chi connectivity index (χ1n) is 8.16. The van der Waals surface area contributed by atoms with Crippen LogP contribution in [-0.2, 0) is 10.2 Å². The summed E-state index contributed by atoms with van der Waals surface area (Å²) in [6.45, 7) is 3.46. The van der Waals surface area contributed by atoms with Gasteiger partial charge in [0.05, 0.1) is 11.6 Å². The summed E-state index contributed by atoms with van der Waals surface area (Å²) in [6, 6.07) is 6.69. The van der Waals surface area contributed by atoms with E-state index in [0.29, 0.717) is 18.0 Å². The summed E-state index contributed by atoms with van der Waals surface area (Å²) in [5.74, 6) is 0.124. The molecule has 0 bridgehead atoms. The van der Waals surface area contributed by atoms with Gasteiger partial charge in [-0.2, -0.15) is 5.10 Å². The van der Waals surface area contributed by atoms with Gasteiger partial charge in [0.2, 0.25) is 5.91 Å². The van der Waals surface area contributed by atoms with E-state index in [4.69, 9.17) is 0 Å². The van der Waals surface area contributed by atoms with E-state index in [-0.39, 0.29) is 11.7 Å². The second-order valence-electron chi connectivity index (χ2n) is 6.77. The van der Waals surface area contributed by atoms with Crippen LogP contribution in [-0.4, -0.2) is 34.1 Å². The molecule has 120 valence electrons. The number of H-pyrrole nitrogens is 1. The number of aromatic nitrogens is 2. The normalized spacial score (nSPS) is 22.3. The zero-order chi connectivity index (χ0) is 16.0. The molecule has 1 aliphatic heterocycles. The Morgan fingerprint density at radius 2 is 2.17 bits per heavy atom. The molecule has 2 fully saturated rings. The van der Waals surface area contributed by atoms with E-state index < -0.39 is 5.41 Å². The van der Waals surface area contributed by atoms with Crippen LogP contribution in [0.2, 0.25) is 0 Å². The summed E-state index contributed by atoms with van der Waals surface area (Å²) in [4.78, 5) is 14.9. The molecule has 4 nitrogen and oxygen atoms in total. The number of likely N-dealkylation sites (tertiary alicyclic amines) is 1. The topological polar surface area (TPSA) is 49.0 Å². The summed E-state index contributed by atoms with van der Waals surface area (Å²) in [7, 11) is 0. The minimum Gasteiger partial charge on any atom is -0.341 e. The van der Waals surface area contributed by atoms with E-state index in [0.717, 1.165) is 37.1 Å². The van der Waals surface area contributed by atoms with Crippen LogP contribution in [0.5, 0.6) is 0 Å². The number of amides is 1. The number of hydrogen-bond acceptors (Lipinski definition) is 2. The summed E-state index contributed by atoms with van der Waals surface area (Å²) in [6.07, 6.45) is 4.25. The Bertz CT molecular complexity index is 750. The second kappa shape index (κ2) is 5.18. The van der Waals surface area contributed by atoms with Crippen LogP contribution in [0.3, 0.4) is 0 Å². The number of aromatic amines is 1. The highest BCUT2D eigenvalue weighted by atomic mass is 19.1. The quantitative estimate of drug-likeness (QED) is 0.947. The van der Waals surface area contributed by atoms with Crippen molar-refractivity contribution in [3.63, 3.8) is 0 Å². The van der Waals surface area contributed by atoms with Crippen molar-refractivity contribution in [1.82, 2.24) is 15.1 Å². The fourth-order valence-electron chi connectivity index (χ4n) is 3.83. The number of carbonyl (C=O) groups excluding carboxylic acids is 1. The second-order valence-corrected chi connectivity index (χ2v) is 6.77. The zero-order valence-electron chi connectivity index (χ0n) is 13.2. The maximum Gasteiger partial charge on any atom is 0.233 e. The lowest BCUT2D eigenvalue weighted by molar-refractivity contribution is -0.133. The van der Waals surface area contributed by atoms with E-state index in [1.807, 2.05) is 24.1 Å². The van der Waals surface area contributed by atoms with Crippen molar-refractivity contribution in [1.29, 1.82) is 0 Å². The third-order valence-electron chi connectivity index (χ3n) is 5.30. The monoisotopic (exact) mass is 313 g/mol. The van der Waals surface area contributed by atoms with Crippen LogP contribution >= 0.6 is 0 Å². The highest BCUT2D eigenvalue weighted by molar-refractivity contribution is 5.91. The maximum absolute atomic E-state index is 14.1. The molecule has 0 unspecified atom stereocenters. The lowest BCUT2D eigenvalue weighted by atomic mass is 9.93. The molecule has 1 amide bonds. The Morgan fingerprint density at radius 1 is 1.39 bits per heavy atom. The zero-order valence-corrected chi connectivity index (χ0v) is 13.2. The van der Waals surface area contributed by atoms with Crippen molar-refractivity contribution < 1.29 is 9.18 Å². The van der Waals surface area contributed by atoms with E-state index in [2.05, 4.69) is 10.2 Å². The van der Waals surface area contributed by atoms with Crippen LogP contribution in [0.25, 0.3) is 0 Å². The van der Waals surface area contributed by atoms with Crippen LogP contribution in [0.1, 0.15) is 42.0 Å². The first-order chi connectivity index (χ1) is 11.1. The number of nitrogens with zero attached hydrogens (tertiary/aromatic N) is 2. The summed E-state index contributed by atoms with van der Waals surface area (Å²) < 4.78 is 14.1.